The average Bonchev–Trinajstić information content (AvgIpc) is 2.78. The summed E-state index contributed by atoms with van der Waals surface area (Å²) in [5.41, 5.74) is 0. The van der Waals surface area contributed by atoms with Gasteiger partial charge < -0.3 is 9.47 Å². The Bertz CT molecular complexity index is 472. The lowest BCUT2D eigenvalue weighted by molar-refractivity contribution is -0.155. The fourth-order valence-corrected chi connectivity index (χ4v) is 3.64. The summed E-state index contributed by atoms with van der Waals surface area (Å²) in [4.78, 5) is 46.6. The lowest BCUT2D eigenvalue weighted by Crippen LogP contribution is -2.38. The van der Waals surface area contributed by atoms with E-state index >= 15 is 0 Å². The Kier molecular flexibility index (Phi) is 2.69. The Morgan fingerprint density at radius 2 is 1.47 bits per heavy atom. The molecule has 6 nitrogen and oxygen atoms in total. The van der Waals surface area contributed by atoms with Crippen LogP contribution < -0.4 is 0 Å². The van der Waals surface area contributed by atoms with E-state index in [4.69, 9.17) is 0 Å². The summed E-state index contributed by atoms with van der Waals surface area (Å²) in [6.07, 6.45) is 2.00. The molecule has 5 unspecified atom stereocenters. The maximum absolute atomic E-state index is 11.8. The number of rotatable bonds is 1. The minimum Gasteiger partial charge on any atom is -0.393 e. The van der Waals surface area contributed by atoms with E-state index in [9.17, 15) is 19.2 Å². The van der Waals surface area contributed by atoms with E-state index in [1.54, 1.807) is 6.92 Å². The van der Waals surface area contributed by atoms with Crippen molar-refractivity contribution in [1.82, 2.24) is 0 Å². The summed E-state index contributed by atoms with van der Waals surface area (Å²) in [6, 6.07) is 0. The van der Waals surface area contributed by atoms with Crippen LogP contribution in [0.3, 0.4) is 0 Å². The highest BCUT2D eigenvalue weighted by Gasteiger charge is 2.57. The van der Waals surface area contributed by atoms with Gasteiger partial charge in [0.15, 0.2) is 0 Å². The van der Waals surface area contributed by atoms with Gasteiger partial charge in [0.05, 0.1) is 23.7 Å². The number of carbonyl (C=O) groups excluding carboxylic acids is 4. The van der Waals surface area contributed by atoms with Crippen molar-refractivity contribution >= 4 is 23.9 Å². The van der Waals surface area contributed by atoms with Crippen LogP contribution in [0.15, 0.2) is 0 Å². The molecule has 0 aromatic carbocycles. The van der Waals surface area contributed by atoms with E-state index < -0.39 is 47.5 Å². The van der Waals surface area contributed by atoms with Crippen molar-refractivity contribution in [2.75, 3.05) is 0 Å². The van der Waals surface area contributed by atoms with Crippen LogP contribution in [-0.4, -0.2) is 23.9 Å². The fraction of sp³-hybridized carbons (Fsp3) is 0.692. The van der Waals surface area contributed by atoms with Gasteiger partial charge in [0.1, 0.15) is 0 Å². The van der Waals surface area contributed by atoms with Gasteiger partial charge >= 0.3 is 23.9 Å². The molecule has 0 amide bonds. The van der Waals surface area contributed by atoms with Crippen LogP contribution in [-0.2, 0) is 28.7 Å². The van der Waals surface area contributed by atoms with Gasteiger partial charge in [-0.05, 0) is 18.8 Å². The van der Waals surface area contributed by atoms with E-state index in [1.807, 2.05) is 0 Å². The largest absolute Gasteiger partial charge is 0.393 e. The zero-order chi connectivity index (χ0) is 13.7. The summed E-state index contributed by atoms with van der Waals surface area (Å²) in [7, 11) is 0. The van der Waals surface area contributed by atoms with Crippen LogP contribution in [0.5, 0.6) is 0 Å². The van der Waals surface area contributed by atoms with E-state index in [2.05, 4.69) is 9.47 Å². The molecular formula is C13H14O6. The van der Waals surface area contributed by atoms with Crippen molar-refractivity contribution in [2.45, 2.75) is 26.2 Å². The summed E-state index contributed by atoms with van der Waals surface area (Å²) < 4.78 is 9.32. The Labute approximate surface area is 109 Å². The minimum absolute atomic E-state index is 0.327. The topological polar surface area (TPSA) is 86.7 Å². The molecule has 102 valence electrons. The zero-order valence-corrected chi connectivity index (χ0v) is 10.5. The molecule has 3 aliphatic rings. The molecule has 3 fully saturated rings. The lowest BCUT2D eigenvalue weighted by atomic mass is 9.66. The van der Waals surface area contributed by atoms with E-state index in [-0.39, 0.29) is 5.92 Å². The first kappa shape index (κ1) is 12.3. The first-order chi connectivity index (χ1) is 9.00. The van der Waals surface area contributed by atoms with Crippen LogP contribution in [0.2, 0.25) is 0 Å². The summed E-state index contributed by atoms with van der Waals surface area (Å²) >= 11 is 0. The third-order valence-electron chi connectivity index (χ3n) is 4.57. The van der Waals surface area contributed by atoms with Crippen LogP contribution in [0.25, 0.3) is 0 Å². The van der Waals surface area contributed by atoms with E-state index in [1.165, 1.54) is 0 Å². The number of cyclic esters (lactones) is 4. The summed E-state index contributed by atoms with van der Waals surface area (Å²) in [5.74, 6) is -4.73. The van der Waals surface area contributed by atoms with Crippen molar-refractivity contribution in [1.29, 1.82) is 0 Å². The number of fused-ring (bicyclic) bond motifs is 1. The second-order valence-electron chi connectivity index (χ2n) is 5.52. The van der Waals surface area contributed by atoms with Crippen molar-refractivity contribution < 1.29 is 28.7 Å². The van der Waals surface area contributed by atoms with Gasteiger partial charge in [-0.3, -0.25) is 19.2 Å². The Morgan fingerprint density at radius 3 is 2.11 bits per heavy atom. The SMILES string of the molecule is CC1C(=O)OC(=O)C1C1CCCC2C(=O)OC(=O)C21. The lowest BCUT2D eigenvalue weighted by Gasteiger charge is -2.32. The molecule has 1 aliphatic carbocycles. The van der Waals surface area contributed by atoms with Crippen LogP contribution >= 0.6 is 0 Å². The van der Waals surface area contributed by atoms with Crippen molar-refractivity contribution in [2.24, 2.45) is 29.6 Å². The molecule has 3 rings (SSSR count). The second kappa shape index (κ2) is 4.15. The predicted octanol–water partition coefficient (Wildman–Crippen LogP) is 0.438. The third-order valence-corrected chi connectivity index (χ3v) is 4.57. The standard InChI is InChI=1S/C13H14O6/c1-5-8(12(16)18-10(5)14)6-3-2-4-7-9(6)13(17)19-11(7)15/h5-9H,2-4H2,1H3. The molecule has 1 saturated carbocycles. The molecule has 5 atom stereocenters. The highest BCUT2D eigenvalue weighted by Crippen LogP contribution is 2.47. The number of esters is 4. The monoisotopic (exact) mass is 266 g/mol. The van der Waals surface area contributed by atoms with Crippen LogP contribution in [0.4, 0.5) is 0 Å². The van der Waals surface area contributed by atoms with Crippen LogP contribution in [0.1, 0.15) is 26.2 Å². The number of hydrogen-bond acceptors (Lipinski definition) is 6. The normalized spacial score (nSPS) is 42.1. The third kappa shape index (κ3) is 1.69. The molecule has 2 aliphatic heterocycles. The van der Waals surface area contributed by atoms with E-state index in [0.29, 0.717) is 12.8 Å². The molecule has 19 heavy (non-hydrogen) atoms. The summed E-state index contributed by atoms with van der Waals surface area (Å²) in [6.45, 7) is 1.63. The van der Waals surface area contributed by atoms with Crippen molar-refractivity contribution in [3.63, 3.8) is 0 Å². The zero-order valence-electron chi connectivity index (χ0n) is 10.5. The Balaban J connectivity index is 1.92. The Morgan fingerprint density at radius 1 is 0.842 bits per heavy atom. The number of ether oxygens (including phenoxy) is 2. The number of carbonyl (C=O) groups is 4. The second-order valence-corrected chi connectivity index (χ2v) is 5.52. The highest BCUT2D eigenvalue weighted by atomic mass is 16.6. The molecule has 2 saturated heterocycles. The molecule has 6 heteroatoms. The van der Waals surface area contributed by atoms with Gasteiger partial charge in [-0.2, -0.15) is 0 Å². The quantitative estimate of drug-likeness (QED) is 0.505. The molecule has 0 N–H and O–H groups in total. The minimum atomic E-state index is -0.626. The van der Waals surface area contributed by atoms with Gasteiger partial charge in [-0.15, -0.1) is 0 Å². The van der Waals surface area contributed by atoms with Gasteiger partial charge in [0, 0.05) is 0 Å². The van der Waals surface area contributed by atoms with Crippen LogP contribution in [0, 0.1) is 29.6 Å². The maximum atomic E-state index is 11.8. The molecule has 2 heterocycles. The maximum Gasteiger partial charge on any atom is 0.317 e. The Hall–Kier alpha value is -1.72. The molecule has 0 radical (unpaired) electrons. The van der Waals surface area contributed by atoms with Gasteiger partial charge in [-0.25, -0.2) is 0 Å². The molecule has 0 spiro atoms. The van der Waals surface area contributed by atoms with Gasteiger partial charge in [0.25, 0.3) is 0 Å². The van der Waals surface area contributed by atoms with Gasteiger partial charge in [0.2, 0.25) is 0 Å². The van der Waals surface area contributed by atoms with Gasteiger partial charge in [-0.1, -0.05) is 13.3 Å². The molecular weight excluding hydrogens is 252 g/mol. The summed E-state index contributed by atoms with van der Waals surface area (Å²) in [5, 5.41) is 0. The van der Waals surface area contributed by atoms with Crippen molar-refractivity contribution in [3.8, 4) is 0 Å². The molecule has 0 aromatic rings. The first-order valence-corrected chi connectivity index (χ1v) is 6.51. The van der Waals surface area contributed by atoms with E-state index in [0.717, 1.165) is 6.42 Å². The predicted molar refractivity (Wildman–Crippen MR) is 59.2 cm³/mol. The smallest absolute Gasteiger partial charge is 0.317 e. The number of hydrogen-bond donors (Lipinski definition) is 0. The average molecular weight is 266 g/mol. The van der Waals surface area contributed by atoms with Crippen molar-refractivity contribution in [3.05, 3.63) is 0 Å². The fourth-order valence-electron chi connectivity index (χ4n) is 3.64. The molecule has 0 aromatic heterocycles. The first-order valence-electron chi connectivity index (χ1n) is 6.51. The molecule has 0 bridgehead atoms. The highest BCUT2D eigenvalue weighted by molar-refractivity contribution is 5.99.